The van der Waals surface area contributed by atoms with E-state index in [1.165, 1.54) is 0 Å². The van der Waals surface area contributed by atoms with Crippen molar-refractivity contribution in [1.29, 1.82) is 0 Å². The summed E-state index contributed by atoms with van der Waals surface area (Å²) in [4.78, 5) is 15.5. The van der Waals surface area contributed by atoms with Crippen LogP contribution in [0, 0.1) is 6.92 Å². The average molecular weight is 193 g/mol. The zero-order valence-electron chi connectivity index (χ0n) is 9.00. The smallest absolute Gasteiger partial charge is 0.357 e. The second-order valence-electron chi connectivity index (χ2n) is 4.22. The van der Waals surface area contributed by atoms with Crippen LogP contribution in [0.5, 0.6) is 0 Å². The number of rotatable bonds is 1. The predicted octanol–water partition coefficient (Wildman–Crippen LogP) is 2.35. The van der Waals surface area contributed by atoms with Gasteiger partial charge in [-0.05, 0) is 39.3 Å². The van der Waals surface area contributed by atoms with Crippen molar-refractivity contribution in [2.75, 3.05) is 0 Å². The Morgan fingerprint density at radius 3 is 2.43 bits per heavy atom. The fourth-order valence-corrected chi connectivity index (χ4v) is 0.919. The summed E-state index contributed by atoms with van der Waals surface area (Å²) in [5.74, 6) is -0.377. The van der Waals surface area contributed by atoms with Crippen molar-refractivity contribution in [3.05, 3.63) is 29.6 Å². The quantitative estimate of drug-likeness (QED) is 0.642. The summed E-state index contributed by atoms with van der Waals surface area (Å²) in [5, 5.41) is 0. The average Bonchev–Trinajstić information content (AvgIpc) is 2.02. The molecule has 3 heteroatoms. The first-order valence-corrected chi connectivity index (χ1v) is 4.54. The standard InChI is InChI=1S/C11H15NO2/c1-8-5-6-9(12-7-8)10(13)14-11(2,3)4/h5-7H,1-4H3. The molecule has 0 aliphatic heterocycles. The highest BCUT2D eigenvalue weighted by molar-refractivity contribution is 5.87. The predicted molar refractivity (Wildman–Crippen MR) is 54.1 cm³/mol. The lowest BCUT2D eigenvalue weighted by Gasteiger charge is -2.18. The molecule has 0 N–H and O–H groups in total. The molecular formula is C11H15NO2. The normalized spacial score (nSPS) is 11.1. The number of ether oxygens (including phenoxy) is 1. The van der Waals surface area contributed by atoms with Crippen LogP contribution >= 0.6 is 0 Å². The van der Waals surface area contributed by atoms with E-state index in [0.29, 0.717) is 5.69 Å². The molecule has 3 nitrogen and oxygen atoms in total. The number of carbonyl (C=O) groups excluding carboxylic acids is 1. The van der Waals surface area contributed by atoms with Gasteiger partial charge in [-0.25, -0.2) is 9.78 Å². The van der Waals surface area contributed by atoms with Gasteiger partial charge >= 0.3 is 5.97 Å². The second-order valence-corrected chi connectivity index (χ2v) is 4.22. The van der Waals surface area contributed by atoms with Crippen LogP contribution in [0.2, 0.25) is 0 Å². The first kappa shape index (κ1) is 10.7. The van der Waals surface area contributed by atoms with Gasteiger partial charge in [0.15, 0.2) is 0 Å². The van der Waals surface area contributed by atoms with E-state index < -0.39 is 5.60 Å². The summed E-state index contributed by atoms with van der Waals surface area (Å²) in [6.45, 7) is 7.42. The van der Waals surface area contributed by atoms with Crippen molar-refractivity contribution >= 4 is 5.97 Å². The maximum atomic E-state index is 11.5. The molecule has 76 valence electrons. The molecule has 14 heavy (non-hydrogen) atoms. The second kappa shape index (κ2) is 3.78. The van der Waals surface area contributed by atoms with E-state index in [4.69, 9.17) is 4.74 Å². The zero-order chi connectivity index (χ0) is 10.8. The van der Waals surface area contributed by atoms with Gasteiger partial charge in [0.1, 0.15) is 11.3 Å². The molecule has 0 radical (unpaired) electrons. The molecule has 0 saturated heterocycles. The Bertz CT molecular complexity index is 322. The minimum absolute atomic E-state index is 0.352. The van der Waals surface area contributed by atoms with Gasteiger partial charge in [0.25, 0.3) is 0 Å². The number of aromatic nitrogens is 1. The van der Waals surface area contributed by atoms with E-state index in [-0.39, 0.29) is 5.97 Å². The van der Waals surface area contributed by atoms with Crippen molar-refractivity contribution < 1.29 is 9.53 Å². The van der Waals surface area contributed by atoms with Crippen LogP contribution in [0.1, 0.15) is 36.8 Å². The Morgan fingerprint density at radius 2 is 2.00 bits per heavy atom. The van der Waals surface area contributed by atoms with Crippen LogP contribution in [0.15, 0.2) is 18.3 Å². The van der Waals surface area contributed by atoms with Gasteiger partial charge in [0.2, 0.25) is 0 Å². The van der Waals surface area contributed by atoms with E-state index in [0.717, 1.165) is 5.56 Å². The zero-order valence-corrected chi connectivity index (χ0v) is 9.00. The van der Waals surface area contributed by atoms with Crippen LogP contribution in [-0.4, -0.2) is 16.6 Å². The van der Waals surface area contributed by atoms with Gasteiger partial charge in [0, 0.05) is 6.20 Å². The molecule has 1 rings (SSSR count). The van der Waals surface area contributed by atoms with Gasteiger partial charge in [-0.2, -0.15) is 0 Å². The molecular weight excluding hydrogens is 178 g/mol. The van der Waals surface area contributed by atoms with Gasteiger partial charge in [-0.3, -0.25) is 0 Å². The Morgan fingerprint density at radius 1 is 1.36 bits per heavy atom. The maximum Gasteiger partial charge on any atom is 0.357 e. The number of hydrogen-bond donors (Lipinski definition) is 0. The lowest BCUT2D eigenvalue weighted by molar-refractivity contribution is 0.00629. The number of pyridine rings is 1. The Kier molecular flexibility index (Phi) is 2.89. The van der Waals surface area contributed by atoms with E-state index >= 15 is 0 Å². The minimum atomic E-state index is -0.469. The maximum absolute atomic E-state index is 11.5. The van der Waals surface area contributed by atoms with E-state index in [1.54, 1.807) is 12.3 Å². The van der Waals surface area contributed by atoms with E-state index in [2.05, 4.69) is 4.98 Å². The number of nitrogens with zero attached hydrogens (tertiary/aromatic N) is 1. The fraction of sp³-hybridized carbons (Fsp3) is 0.455. The summed E-state index contributed by atoms with van der Waals surface area (Å²) in [6.07, 6.45) is 1.65. The molecule has 0 amide bonds. The molecule has 0 spiro atoms. The van der Waals surface area contributed by atoms with Gasteiger partial charge < -0.3 is 4.74 Å². The van der Waals surface area contributed by atoms with Crippen LogP contribution in [-0.2, 0) is 4.74 Å². The summed E-state index contributed by atoms with van der Waals surface area (Å²) in [6, 6.07) is 3.51. The highest BCUT2D eigenvalue weighted by Gasteiger charge is 2.18. The number of carbonyl (C=O) groups is 1. The Hall–Kier alpha value is -1.38. The Labute approximate surface area is 84.1 Å². The summed E-state index contributed by atoms with van der Waals surface area (Å²) in [5.41, 5.74) is 0.909. The van der Waals surface area contributed by atoms with E-state index in [1.807, 2.05) is 33.8 Å². The summed E-state index contributed by atoms with van der Waals surface area (Å²) in [7, 11) is 0. The Balaban J connectivity index is 2.76. The molecule has 1 aromatic rings. The molecule has 0 aliphatic rings. The molecule has 0 saturated carbocycles. The van der Waals surface area contributed by atoms with Crippen molar-refractivity contribution in [1.82, 2.24) is 4.98 Å². The molecule has 0 unspecified atom stereocenters. The molecule has 0 atom stereocenters. The third-order valence-electron chi connectivity index (χ3n) is 1.52. The molecule has 0 fully saturated rings. The fourth-order valence-electron chi connectivity index (χ4n) is 0.919. The molecule has 0 aliphatic carbocycles. The SMILES string of the molecule is Cc1ccc(C(=O)OC(C)(C)C)nc1. The van der Waals surface area contributed by atoms with Crippen LogP contribution < -0.4 is 0 Å². The van der Waals surface area contributed by atoms with Crippen molar-refractivity contribution in [2.45, 2.75) is 33.3 Å². The number of esters is 1. The lowest BCUT2D eigenvalue weighted by atomic mass is 10.2. The highest BCUT2D eigenvalue weighted by Crippen LogP contribution is 2.10. The largest absolute Gasteiger partial charge is 0.455 e. The minimum Gasteiger partial charge on any atom is -0.455 e. The van der Waals surface area contributed by atoms with Crippen LogP contribution in [0.3, 0.4) is 0 Å². The number of aryl methyl sites for hydroxylation is 1. The van der Waals surface area contributed by atoms with Crippen LogP contribution in [0.25, 0.3) is 0 Å². The third-order valence-corrected chi connectivity index (χ3v) is 1.52. The van der Waals surface area contributed by atoms with Crippen molar-refractivity contribution in [3.63, 3.8) is 0 Å². The summed E-state index contributed by atoms with van der Waals surface area (Å²) >= 11 is 0. The van der Waals surface area contributed by atoms with Crippen molar-refractivity contribution in [2.24, 2.45) is 0 Å². The third kappa shape index (κ3) is 3.17. The van der Waals surface area contributed by atoms with Gasteiger partial charge in [0.05, 0.1) is 0 Å². The first-order chi connectivity index (χ1) is 6.38. The lowest BCUT2D eigenvalue weighted by Crippen LogP contribution is -2.24. The van der Waals surface area contributed by atoms with Crippen molar-refractivity contribution in [3.8, 4) is 0 Å². The van der Waals surface area contributed by atoms with Gasteiger partial charge in [-0.1, -0.05) is 6.07 Å². The molecule has 0 aromatic carbocycles. The van der Waals surface area contributed by atoms with Gasteiger partial charge in [-0.15, -0.1) is 0 Å². The monoisotopic (exact) mass is 193 g/mol. The van der Waals surface area contributed by atoms with Crippen LogP contribution in [0.4, 0.5) is 0 Å². The topological polar surface area (TPSA) is 39.2 Å². The first-order valence-electron chi connectivity index (χ1n) is 4.54. The summed E-state index contributed by atoms with van der Waals surface area (Å²) < 4.78 is 5.16. The highest BCUT2D eigenvalue weighted by atomic mass is 16.6. The number of hydrogen-bond acceptors (Lipinski definition) is 3. The molecule has 0 bridgehead atoms. The molecule has 1 aromatic heterocycles. The molecule has 1 heterocycles. The van der Waals surface area contributed by atoms with E-state index in [9.17, 15) is 4.79 Å².